The third-order valence-electron chi connectivity index (χ3n) is 4.58. The van der Waals surface area contributed by atoms with E-state index in [2.05, 4.69) is 4.72 Å². The van der Waals surface area contributed by atoms with Gasteiger partial charge in [0.25, 0.3) is 0 Å². The fourth-order valence-electron chi connectivity index (χ4n) is 3.08. The van der Waals surface area contributed by atoms with Gasteiger partial charge in [-0.2, -0.15) is 0 Å². The lowest BCUT2D eigenvalue weighted by atomic mass is 10.00. The van der Waals surface area contributed by atoms with E-state index in [9.17, 15) is 13.2 Å². The molecule has 1 atom stereocenters. The standard InChI is InChI=1S/C19H22N2O3S/c1-14(16-6-4-3-5-7-16)20-25(23,24)19-9-8-18-13-21(15(2)22)11-10-17(18)12-19/h3-9,12,14,20H,10-11,13H2,1-2H3/t14-/m1/s1. The smallest absolute Gasteiger partial charge is 0.241 e. The molecule has 1 N–H and O–H groups in total. The van der Waals surface area contributed by atoms with Gasteiger partial charge in [0.2, 0.25) is 15.9 Å². The summed E-state index contributed by atoms with van der Waals surface area (Å²) in [6, 6.07) is 14.3. The van der Waals surface area contributed by atoms with Crippen LogP contribution in [0.25, 0.3) is 0 Å². The summed E-state index contributed by atoms with van der Waals surface area (Å²) >= 11 is 0. The molecule has 0 unspecified atom stereocenters. The summed E-state index contributed by atoms with van der Waals surface area (Å²) < 4.78 is 28.1. The molecule has 0 aliphatic carbocycles. The van der Waals surface area contributed by atoms with E-state index in [1.807, 2.05) is 43.3 Å². The van der Waals surface area contributed by atoms with Crippen molar-refractivity contribution < 1.29 is 13.2 Å². The third kappa shape index (κ3) is 3.91. The molecule has 0 bridgehead atoms. The maximum Gasteiger partial charge on any atom is 0.241 e. The Morgan fingerprint density at radius 3 is 2.52 bits per heavy atom. The highest BCUT2D eigenvalue weighted by Crippen LogP contribution is 2.24. The minimum atomic E-state index is -3.60. The van der Waals surface area contributed by atoms with E-state index in [-0.39, 0.29) is 16.8 Å². The van der Waals surface area contributed by atoms with Crippen molar-refractivity contribution in [3.8, 4) is 0 Å². The monoisotopic (exact) mass is 358 g/mol. The molecule has 0 aromatic heterocycles. The molecule has 0 radical (unpaired) electrons. The highest BCUT2D eigenvalue weighted by atomic mass is 32.2. The first-order chi connectivity index (χ1) is 11.9. The highest BCUT2D eigenvalue weighted by Gasteiger charge is 2.23. The van der Waals surface area contributed by atoms with E-state index < -0.39 is 10.0 Å². The Morgan fingerprint density at radius 2 is 1.84 bits per heavy atom. The van der Waals surface area contributed by atoms with Gasteiger partial charge in [0.05, 0.1) is 4.90 Å². The van der Waals surface area contributed by atoms with Crippen LogP contribution in [0.2, 0.25) is 0 Å². The summed E-state index contributed by atoms with van der Waals surface area (Å²) in [6.07, 6.45) is 0.673. The largest absolute Gasteiger partial charge is 0.338 e. The van der Waals surface area contributed by atoms with Crippen LogP contribution in [0.4, 0.5) is 0 Å². The van der Waals surface area contributed by atoms with Crippen LogP contribution in [-0.2, 0) is 27.8 Å². The van der Waals surface area contributed by atoms with Gasteiger partial charge in [-0.25, -0.2) is 13.1 Å². The molecule has 0 saturated heterocycles. The number of nitrogens with one attached hydrogen (secondary N) is 1. The molecule has 0 saturated carbocycles. The summed E-state index contributed by atoms with van der Waals surface area (Å²) in [5, 5.41) is 0. The van der Waals surface area contributed by atoms with Gasteiger partial charge in [-0.3, -0.25) is 4.79 Å². The summed E-state index contributed by atoms with van der Waals surface area (Å²) in [6.45, 7) is 4.55. The fourth-order valence-corrected chi connectivity index (χ4v) is 4.36. The summed E-state index contributed by atoms with van der Waals surface area (Å²) in [5.41, 5.74) is 2.92. The number of fused-ring (bicyclic) bond motifs is 1. The maximum absolute atomic E-state index is 12.7. The van der Waals surface area contributed by atoms with Crippen LogP contribution in [0.5, 0.6) is 0 Å². The number of hydrogen-bond donors (Lipinski definition) is 1. The zero-order valence-corrected chi connectivity index (χ0v) is 15.2. The number of nitrogens with zero attached hydrogens (tertiary/aromatic N) is 1. The zero-order valence-electron chi connectivity index (χ0n) is 14.4. The first-order valence-electron chi connectivity index (χ1n) is 8.31. The van der Waals surface area contributed by atoms with E-state index in [0.29, 0.717) is 19.5 Å². The van der Waals surface area contributed by atoms with Crippen molar-refractivity contribution in [2.45, 2.75) is 37.8 Å². The maximum atomic E-state index is 12.7. The van der Waals surface area contributed by atoms with E-state index >= 15 is 0 Å². The Kier molecular flexibility index (Phi) is 4.92. The van der Waals surface area contributed by atoms with Gasteiger partial charge in [0.1, 0.15) is 0 Å². The second kappa shape index (κ2) is 6.98. The Hall–Kier alpha value is -2.18. The molecule has 25 heavy (non-hydrogen) atoms. The second-order valence-corrected chi connectivity index (χ2v) is 8.09. The molecular formula is C19H22N2O3S. The molecule has 2 aromatic carbocycles. The number of hydrogen-bond acceptors (Lipinski definition) is 3. The van der Waals surface area contributed by atoms with Crippen molar-refractivity contribution in [2.24, 2.45) is 0 Å². The van der Waals surface area contributed by atoms with Crippen molar-refractivity contribution in [2.75, 3.05) is 6.54 Å². The van der Waals surface area contributed by atoms with Gasteiger partial charge >= 0.3 is 0 Å². The number of rotatable bonds is 4. The Bertz CT molecular complexity index is 879. The van der Waals surface area contributed by atoms with Crippen molar-refractivity contribution in [3.05, 3.63) is 65.2 Å². The van der Waals surface area contributed by atoms with E-state index in [0.717, 1.165) is 16.7 Å². The molecule has 1 heterocycles. The third-order valence-corrected chi connectivity index (χ3v) is 6.12. The molecular weight excluding hydrogens is 336 g/mol. The first kappa shape index (κ1) is 17.6. The average Bonchev–Trinajstić information content (AvgIpc) is 2.61. The number of sulfonamides is 1. The Balaban J connectivity index is 1.81. The van der Waals surface area contributed by atoms with Crippen molar-refractivity contribution in [1.82, 2.24) is 9.62 Å². The second-order valence-electron chi connectivity index (χ2n) is 6.37. The van der Waals surface area contributed by atoms with Crippen LogP contribution in [-0.4, -0.2) is 25.8 Å². The lowest BCUT2D eigenvalue weighted by Crippen LogP contribution is -2.34. The van der Waals surface area contributed by atoms with Crippen LogP contribution in [0.15, 0.2) is 53.4 Å². The number of carbonyl (C=O) groups excluding carboxylic acids is 1. The highest BCUT2D eigenvalue weighted by molar-refractivity contribution is 7.89. The van der Waals surface area contributed by atoms with Crippen LogP contribution >= 0.6 is 0 Å². The Morgan fingerprint density at radius 1 is 1.12 bits per heavy atom. The van der Waals surface area contributed by atoms with Gasteiger partial charge in [-0.15, -0.1) is 0 Å². The van der Waals surface area contributed by atoms with E-state index in [1.54, 1.807) is 24.0 Å². The van der Waals surface area contributed by atoms with Crippen LogP contribution < -0.4 is 4.72 Å². The summed E-state index contributed by atoms with van der Waals surface area (Å²) in [7, 11) is -3.60. The molecule has 6 heteroatoms. The molecule has 1 aliphatic rings. The van der Waals surface area contributed by atoms with Gasteiger partial charge in [0.15, 0.2) is 0 Å². The van der Waals surface area contributed by atoms with Gasteiger partial charge in [-0.05, 0) is 42.2 Å². The minimum Gasteiger partial charge on any atom is -0.338 e. The Labute approximate surface area is 148 Å². The SMILES string of the molecule is CC(=O)N1CCc2cc(S(=O)(=O)N[C@H](C)c3ccccc3)ccc2C1. The molecule has 0 fully saturated rings. The molecule has 0 spiro atoms. The molecule has 1 amide bonds. The van der Waals surface area contributed by atoms with Gasteiger partial charge in [-0.1, -0.05) is 36.4 Å². The van der Waals surface area contributed by atoms with Crippen LogP contribution in [0, 0.1) is 0 Å². The zero-order chi connectivity index (χ0) is 18.0. The van der Waals surface area contributed by atoms with Gasteiger partial charge < -0.3 is 4.90 Å². The van der Waals surface area contributed by atoms with Crippen molar-refractivity contribution >= 4 is 15.9 Å². The minimum absolute atomic E-state index is 0.0423. The van der Waals surface area contributed by atoms with Crippen LogP contribution in [0.3, 0.4) is 0 Å². The lowest BCUT2D eigenvalue weighted by molar-refractivity contribution is -0.129. The molecule has 3 rings (SSSR count). The first-order valence-corrected chi connectivity index (χ1v) is 9.80. The summed E-state index contributed by atoms with van der Waals surface area (Å²) in [5.74, 6) is 0.0423. The van der Waals surface area contributed by atoms with Crippen molar-refractivity contribution in [1.29, 1.82) is 0 Å². The molecule has 2 aromatic rings. The fraction of sp³-hybridized carbons (Fsp3) is 0.316. The van der Waals surface area contributed by atoms with Gasteiger partial charge in [0, 0.05) is 26.1 Å². The van der Waals surface area contributed by atoms with Crippen molar-refractivity contribution in [3.63, 3.8) is 0 Å². The normalized spacial score (nSPS) is 15.5. The molecule has 5 nitrogen and oxygen atoms in total. The van der Waals surface area contributed by atoms with E-state index in [4.69, 9.17) is 0 Å². The molecule has 1 aliphatic heterocycles. The lowest BCUT2D eigenvalue weighted by Gasteiger charge is -2.28. The topological polar surface area (TPSA) is 66.5 Å². The van der Waals surface area contributed by atoms with Crippen LogP contribution in [0.1, 0.15) is 36.6 Å². The molecule has 132 valence electrons. The summed E-state index contributed by atoms with van der Waals surface area (Å²) in [4.78, 5) is 13.5. The predicted octanol–water partition coefficient (Wildman–Crippen LogP) is 2.63. The van der Waals surface area contributed by atoms with E-state index in [1.165, 1.54) is 0 Å². The quantitative estimate of drug-likeness (QED) is 0.914. The predicted molar refractivity (Wildman–Crippen MR) is 96.4 cm³/mol. The number of benzene rings is 2. The number of amides is 1. The average molecular weight is 358 g/mol. The number of carbonyl (C=O) groups is 1.